The molecule has 4 aromatic rings. The second-order valence-electron chi connectivity index (χ2n) is 9.47. The van der Waals surface area contributed by atoms with E-state index in [-0.39, 0.29) is 5.41 Å². The molecule has 1 aliphatic rings. The van der Waals surface area contributed by atoms with Crippen molar-refractivity contribution in [3.05, 3.63) is 59.4 Å². The van der Waals surface area contributed by atoms with Gasteiger partial charge in [-0.1, -0.05) is 39.8 Å². The number of para-hydroxylation sites is 1. The Morgan fingerprint density at radius 1 is 0.966 bits per heavy atom. The summed E-state index contributed by atoms with van der Waals surface area (Å²) in [6, 6.07) is 12.9. The van der Waals surface area contributed by atoms with E-state index in [4.69, 9.17) is 14.4 Å². The van der Waals surface area contributed by atoms with Crippen LogP contribution in [0.4, 0.5) is 0 Å². The zero-order chi connectivity index (χ0) is 20.2. The molecule has 0 radical (unpaired) electrons. The van der Waals surface area contributed by atoms with Crippen LogP contribution < -0.4 is 0 Å². The topological polar surface area (TPSA) is 38.9 Å². The van der Waals surface area contributed by atoms with Crippen LogP contribution in [0.2, 0.25) is 0 Å². The Balaban J connectivity index is 1.71. The minimum Gasteiger partial charge on any atom is -0.437 e. The molecule has 3 heterocycles. The third-order valence-corrected chi connectivity index (χ3v) is 6.66. The van der Waals surface area contributed by atoms with Gasteiger partial charge in [-0.05, 0) is 66.5 Å². The molecular formula is C26H28N2O. The maximum atomic E-state index is 6.38. The lowest BCUT2D eigenvalue weighted by Crippen LogP contribution is -2.16. The lowest BCUT2D eigenvalue weighted by molar-refractivity contribution is 0.334. The van der Waals surface area contributed by atoms with E-state index in [9.17, 15) is 0 Å². The summed E-state index contributed by atoms with van der Waals surface area (Å²) >= 11 is 0. The highest BCUT2D eigenvalue weighted by molar-refractivity contribution is 6.08. The predicted octanol–water partition coefficient (Wildman–Crippen LogP) is 7.07. The molecule has 1 atom stereocenters. The van der Waals surface area contributed by atoms with E-state index >= 15 is 0 Å². The number of aryl methyl sites for hydroxylation is 1. The van der Waals surface area contributed by atoms with Gasteiger partial charge in [0.1, 0.15) is 5.58 Å². The Labute approximate surface area is 172 Å². The molecule has 0 spiro atoms. The van der Waals surface area contributed by atoms with Crippen molar-refractivity contribution in [2.24, 2.45) is 5.41 Å². The quantitative estimate of drug-likeness (QED) is 0.371. The fourth-order valence-electron chi connectivity index (χ4n) is 4.46. The first kappa shape index (κ1) is 18.4. The molecule has 3 nitrogen and oxygen atoms in total. The molecular weight excluding hydrogens is 356 g/mol. The molecule has 0 amide bonds. The summed E-state index contributed by atoms with van der Waals surface area (Å²) in [5.74, 6) is 0.349. The fraction of sp³-hybridized carbons (Fsp3) is 0.385. The van der Waals surface area contributed by atoms with Gasteiger partial charge in [0.15, 0.2) is 0 Å². The minimum atomic E-state index is 0.158. The molecule has 29 heavy (non-hydrogen) atoms. The second kappa shape index (κ2) is 6.69. The molecule has 5 rings (SSSR count). The first-order valence-electron chi connectivity index (χ1n) is 10.7. The standard InChI is InChI=1S/C26H28N2O/c1-16(26(2,3)4)22-13-12-20-19-10-7-11-21(24(19)29-25(20)28-22)23-18-9-6-5-8-17(18)14-15-27-23/h7,10-16H,5-6,8-9H2,1-4H3. The van der Waals surface area contributed by atoms with E-state index in [1.807, 2.05) is 6.20 Å². The Morgan fingerprint density at radius 3 is 2.62 bits per heavy atom. The van der Waals surface area contributed by atoms with Gasteiger partial charge in [-0.3, -0.25) is 4.98 Å². The van der Waals surface area contributed by atoms with Crippen LogP contribution in [0.3, 0.4) is 0 Å². The second-order valence-corrected chi connectivity index (χ2v) is 9.47. The van der Waals surface area contributed by atoms with Gasteiger partial charge in [0, 0.05) is 34.1 Å². The van der Waals surface area contributed by atoms with E-state index in [1.165, 1.54) is 24.0 Å². The van der Waals surface area contributed by atoms with E-state index < -0.39 is 0 Å². The van der Waals surface area contributed by atoms with Crippen molar-refractivity contribution in [2.75, 3.05) is 0 Å². The van der Waals surface area contributed by atoms with Crippen LogP contribution in [-0.4, -0.2) is 9.97 Å². The lowest BCUT2D eigenvalue weighted by Gasteiger charge is -2.26. The van der Waals surface area contributed by atoms with Gasteiger partial charge < -0.3 is 4.42 Å². The average molecular weight is 385 g/mol. The highest BCUT2D eigenvalue weighted by atomic mass is 16.3. The fourth-order valence-corrected chi connectivity index (χ4v) is 4.46. The minimum absolute atomic E-state index is 0.158. The highest BCUT2D eigenvalue weighted by Crippen LogP contribution is 2.39. The molecule has 1 unspecified atom stereocenters. The number of rotatable bonds is 2. The van der Waals surface area contributed by atoms with Crippen molar-refractivity contribution in [1.29, 1.82) is 0 Å². The zero-order valence-corrected chi connectivity index (χ0v) is 17.7. The van der Waals surface area contributed by atoms with Crippen LogP contribution in [0.1, 0.15) is 63.3 Å². The van der Waals surface area contributed by atoms with Gasteiger partial charge >= 0.3 is 0 Å². The third-order valence-electron chi connectivity index (χ3n) is 6.66. The molecule has 0 saturated carbocycles. The lowest BCUT2D eigenvalue weighted by atomic mass is 9.80. The smallest absolute Gasteiger partial charge is 0.227 e. The van der Waals surface area contributed by atoms with Gasteiger partial charge in [-0.25, -0.2) is 4.98 Å². The summed E-state index contributed by atoms with van der Waals surface area (Å²) in [5.41, 5.74) is 7.87. The van der Waals surface area contributed by atoms with Crippen molar-refractivity contribution in [2.45, 2.75) is 59.3 Å². The first-order chi connectivity index (χ1) is 13.9. The maximum Gasteiger partial charge on any atom is 0.227 e. The van der Waals surface area contributed by atoms with Crippen LogP contribution in [0.15, 0.2) is 47.0 Å². The molecule has 0 saturated heterocycles. The van der Waals surface area contributed by atoms with Gasteiger partial charge in [0.25, 0.3) is 0 Å². The summed E-state index contributed by atoms with van der Waals surface area (Å²) in [5, 5.41) is 2.20. The van der Waals surface area contributed by atoms with Crippen molar-refractivity contribution < 1.29 is 4.42 Å². The summed E-state index contributed by atoms with van der Waals surface area (Å²) in [4.78, 5) is 9.69. The number of aromatic nitrogens is 2. The molecule has 0 fully saturated rings. The first-order valence-corrected chi connectivity index (χ1v) is 10.7. The summed E-state index contributed by atoms with van der Waals surface area (Å²) in [7, 11) is 0. The Hall–Kier alpha value is -2.68. The molecule has 1 aromatic carbocycles. The van der Waals surface area contributed by atoms with Gasteiger partial charge in [-0.15, -0.1) is 0 Å². The molecule has 0 N–H and O–H groups in total. The highest BCUT2D eigenvalue weighted by Gasteiger charge is 2.24. The van der Waals surface area contributed by atoms with Crippen LogP contribution >= 0.6 is 0 Å². The predicted molar refractivity (Wildman–Crippen MR) is 119 cm³/mol. The summed E-state index contributed by atoms with van der Waals surface area (Å²) in [6.45, 7) is 9.00. The Bertz CT molecular complexity index is 1210. The van der Waals surface area contributed by atoms with Gasteiger partial charge in [-0.2, -0.15) is 0 Å². The van der Waals surface area contributed by atoms with Crippen LogP contribution in [0.25, 0.3) is 33.3 Å². The van der Waals surface area contributed by atoms with Gasteiger partial charge in [0.05, 0.1) is 5.69 Å². The number of pyridine rings is 2. The maximum absolute atomic E-state index is 6.38. The number of fused-ring (bicyclic) bond motifs is 4. The van der Waals surface area contributed by atoms with Crippen molar-refractivity contribution >= 4 is 22.1 Å². The molecule has 3 heteroatoms. The number of benzene rings is 1. The van der Waals surface area contributed by atoms with Crippen LogP contribution in [-0.2, 0) is 12.8 Å². The molecule has 1 aliphatic carbocycles. The summed E-state index contributed by atoms with van der Waals surface area (Å²) < 4.78 is 6.38. The average Bonchev–Trinajstić information content (AvgIpc) is 3.10. The van der Waals surface area contributed by atoms with Gasteiger partial charge in [0.2, 0.25) is 5.71 Å². The number of hydrogen-bond donors (Lipinski definition) is 0. The Morgan fingerprint density at radius 2 is 1.79 bits per heavy atom. The van der Waals surface area contributed by atoms with Crippen LogP contribution in [0, 0.1) is 5.41 Å². The van der Waals surface area contributed by atoms with E-state index in [0.29, 0.717) is 5.92 Å². The van der Waals surface area contributed by atoms with Crippen LogP contribution in [0.5, 0.6) is 0 Å². The monoisotopic (exact) mass is 384 g/mol. The third kappa shape index (κ3) is 3.04. The number of furan rings is 1. The summed E-state index contributed by atoms with van der Waals surface area (Å²) in [6.07, 6.45) is 6.70. The molecule has 0 bridgehead atoms. The van der Waals surface area contributed by atoms with Crippen molar-refractivity contribution in [3.63, 3.8) is 0 Å². The van der Waals surface area contributed by atoms with Crippen molar-refractivity contribution in [1.82, 2.24) is 9.97 Å². The van der Waals surface area contributed by atoms with E-state index in [0.717, 1.165) is 51.9 Å². The number of hydrogen-bond acceptors (Lipinski definition) is 3. The largest absolute Gasteiger partial charge is 0.437 e. The Kier molecular flexibility index (Phi) is 4.23. The number of nitrogens with zero attached hydrogens (tertiary/aromatic N) is 2. The molecule has 3 aromatic heterocycles. The molecule has 148 valence electrons. The molecule has 0 aliphatic heterocycles. The SMILES string of the molecule is CC(c1ccc2c(n1)oc1c(-c3nccc4c3CCCC4)cccc12)C(C)(C)C. The van der Waals surface area contributed by atoms with Crippen molar-refractivity contribution in [3.8, 4) is 11.3 Å². The normalized spacial score (nSPS) is 15.6. The van der Waals surface area contributed by atoms with E-state index in [2.05, 4.69) is 64.1 Å². The zero-order valence-electron chi connectivity index (χ0n) is 17.7. The van der Waals surface area contributed by atoms with E-state index in [1.54, 1.807) is 0 Å².